The molecule has 6 heterocycles. The number of carbonyl (C=O) groups excluding carboxylic acids is 6. The van der Waals surface area contributed by atoms with Crippen LogP contribution in [-0.4, -0.2) is 263 Å². The fraction of sp³-hybridized carbons (Fsp3) is 0.486. The molecule has 764 valence electrons. The molecule has 2 aliphatic rings. The third-order valence-electron chi connectivity index (χ3n) is 26.0. The van der Waals surface area contributed by atoms with Gasteiger partial charge in [0.05, 0.1) is 169 Å². The lowest BCUT2D eigenvalue weighted by molar-refractivity contribution is -0.159. The summed E-state index contributed by atoms with van der Waals surface area (Å²) >= 11 is 0. The Kier molecular flexibility index (Phi) is 39.4. The van der Waals surface area contributed by atoms with Gasteiger partial charge in [-0.2, -0.15) is 20.5 Å². The molecule has 12 rings (SSSR count). The third-order valence-corrected chi connectivity index (χ3v) is 26.0. The number of benzene rings is 6. The summed E-state index contributed by atoms with van der Waals surface area (Å²) in [5, 5.41) is 136. The van der Waals surface area contributed by atoms with Crippen molar-refractivity contribution in [3.05, 3.63) is 286 Å². The molecule has 10 aromatic rings. The number of hydrogen-bond acceptors (Lipinski definition) is 34. The van der Waals surface area contributed by atoms with E-state index in [4.69, 9.17) is 69.3 Å². The van der Waals surface area contributed by atoms with Crippen LogP contribution in [0.2, 0.25) is 0 Å². The highest BCUT2D eigenvalue weighted by atomic mass is 16.6. The van der Waals surface area contributed by atoms with Crippen LogP contribution in [0.25, 0.3) is 0 Å². The molecule has 0 spiro atoms. The smallest absolute Gasteiger partial charge is 0.311 e. The van der Waals surface area contributed by atoms with Gasteiger partial charge in [-0.15, -0.1) is 20.4 Å². The molecule has 38 nitrogen and oxygen atoms in total. The Morgan fingerprint density at radius 3 is 0.797 bits per heavy atom. The summed E-state index contributed by atoms with van der Waals surface area (Å²) in [5.74, 6) is -5.51. The zero-order valence-corrected chi connectivity index (χ0v) is 82.7. The maximum Gasteiger partial charge on any atom is 0.311 e. The molecule has 2 aliphatic heterocycles. The molecule has 0 aliphatic carbocycles. The van der Waals surface area contributed by atoms with Crippen LogP contribution in [0.1, 0.15) is 205 Å². The summed E-state index contributed by atoms with van der Waals surface area (Å²) in [6, 6.07) is 54.3. The number of ether oxygens (including phenoxy) is 6. The highest BCUT2D eigenvalue weighted by Gasteiger charge is 2.42. The number of carbonyl (C=O) groups is 6. The van der Waals surface area contributed by atoms with E-state index in [1.54, 1.807) is 74.1 Å². The molecule has 8 N–H and O–H groups in total. The van der Waals surface area contributed by atoms with Gasteiger partial charge >= 0.3 is 35.8 Å². The molecule has 4 aromatic heterocycles. The van der Waals surface area contributed by atoms with E-state index in [0.717, 1.165) is 33.4 Å². The van der Waals surface area contributed by atoms with Gasteiger partial charge < -0.3 is 69.3 Å². The molecule has 14 unspecified atom stereocenters. The highest BCUT2D eigenvalue weighted by Crippen LogP contribution is 2.43. The summed E-state index contributed by atoms with van der Waals surface area (Å²) in [5.41, 5.74) is 3.94. The van der Waals surface area contributed by atoms with Crippen molar-refractivity contribution in [3.63, 3.8) is 0 Å². The normalized spacial score (nSPS) is 16.5. The molecule has 6 aromatic carbocycles. The summed E-state index contributed by atoms with van der Waals surface area (Å²) in [6.07, 6.45) is 8.58. The van der Waals surface area contributed by atoms with Crippen molar-refractivity contribution in [2.24, 2.45) is 54.0 Å². The van der Waals surface area contributed by atoms with Crippen LogP contribution in [-0.2, 0) is 83.4 Å². The SMILES string of the molecule is COC(=O)C(CCCC(CC(c1ccccc1)C1C=C(CN(Cc2cn(C(CC(C)(C)C(=O)OCC(O)CO)c3ccccc3)nn2)Cc2cn(C(CC(C)(C)C(=O)OCC(O)CO)c3ccccc3)nn2)N=N1)C(=O)OC)CC(c1ccccc1)C1C=C(CN(Cc2cn(C(CC(C)(C)C(=O)OCC(O)CO)c3ccccc3)nn2)Cc2cn(C(CC(C)(C)C(=O)OCC(O)CO)c3ccccc3)nn2)N=N1. The van der Waals surface area contributed by atoms with Crippen LogP contribution in [0.5, 0.6) is 0 Å². The Hall–Kier alpha value is -13.0. The van der Waals surface area contributed by atoms with E-state index in [9.17, 15) is 69.6 Å². The second-order valence-electron chi connectivity index (χ2n) is 39.5. The molecule has 14 atom stereocenters. The van der Waals surface area contributed by atoms with E-state index in [1.807, 2.05) is 219 Å². The Bertz CT molecular complexity index is 5230. The van der Waals surface area contributed by atoms with Gasteiger partial charge in [-0.05, 0) is 152 Å². The number of esters is 6. The van der Waals surface area contributed by atoms with Crippen molar-refractivity contribution in [2.45, 2.75) is 212 Å². The number of azo groups is 2. The van der Waals surface area contributed by atoms with Crippen LogP contribution in [0.3, 0.4) is 0 Å². The van der Waals surface area contributed by atoms with Crippen molar-refractivity contribution >= 4 is 35.8 Å². The van der Waals surface area contributed by atoms with Gasteiger partial charge in [-0.3, -0.25) is 38.6 Å². The number of nitrogens with zero attached hydrogens (tertiary/aromatic N) is 18. The van der Waals surface area contributed by atoms with Crippen LogP contribution in [0.4, 0.5) is 0 Å². The molecule has 0 radical (unpaired) electrons. The molecule has 0 saturated carbocycles. The fourth-order valence-electron chi connectivity index (χ4n) is 17.9. The average molecular weight is 1970 g/mol. The summed E-state index contributed by atoms with van der Waals surface area (Å²) < 4.78 is 40.1. The number of methoxy groups -OCH3 is 2. The van der Waals surface area contributed by atoms with Gasteiger partial charge in [0.2, 0.25) is 0 Å². The lowest BCUT2D eigenvalue weighted by atomic mass is 9.79. The third kappa shape index (κ3) is 31.0. The Labute approximate surface area is 831 Å². The molecular weight excluding hydrogens is 1830 g/mol. The minimum atomic E-state index is -1.25. The number of hydrogen-bond donors (Lipinski definition) is 8. The standard InChI is InChI=1S/C105H134N18O20/c1-102(2,98(134)140-66-84(128)62-124)48-92(72-34-21-13-22-35-72)120-58-80(108-114-120)54-118(55-81-59-121(115-109-81)93(73-36-23-14-24-37-73)49-103(3,4)99(135)141-67-85(129)63-125)52-78-46-90(112-106-78)88(70-30-17-11-18-31-70)44-76(96(132)138-9)42-29-43-77(97(133)139-10)45-89(71-32-19-12-20-33-71)91-47-79(107-113-91)53-119(56-82-60-122(116-110-82)94(74-38-25-15-26-39-74)50-104(5,6)100(136)142-68-86(130)64-126)57-83-61-123(117-111-83)95(75-40-27-16-28-41-75)51-105(7,8)101(137)143-69-87(131)65-127/h11-28,30-41,46-47,58-61,76-77,84-95,124-131H,29,42-45,48-57,62-69H2,1-10H3. The average Bonchev–Trinajstić information content (AvgIpc) is 1.72. The van der Waals surface area contributed by atoms with Crippen molar-refractivity contribution in [3.8, 4) is 0 Å². The number of aliphatic hydroxyl groups is 8. The van der Waals surface area contributed by atoms with E-state index in [1.165, 1.54) is 14.2 Å². The molecule has 143 heavy (non-hydrogen) atoms. The largest absolute Gasteiger partial charge is 0.469 e. The second-order valence-corrected chi connectivity index (χ2v) is 39.5. The van der Waals surface area contributed by atoms with Crippen LogP contribution < -0.4 is 0 Å². The van der Waals surface area contributed by atoms with Gasteiger partial charge in [0.15, 0.2) is 0 Å². The highest BCUT2D eigenvalue weighted by molar-refractivity contribution is 5.78. The Balaban J connectivity index is 0.802. The predicted octanol–water partition coefficient (Wildman–Crippen LogP) is 10.9. The van der Waals surface area contributed by atoms with Crippen LogP contribution >= 0.6 is 0 Å². The van der Waals surface area contributed by atoms with Gasteiger partial charge in [-0.25, -0.2) is 18.7 Å². The van der Waals surface area contributed by atoms with Gasteiger partial charge in [-0.1, -0.05) is 209 Å². The zero-order chi connectivity index (χ0) is 102. The second kappa shape index (κ2) is 51.8. The van der Waals surface area contributed by atoms with E-state index < -0.39 is 168 Å². The molecular formula is C105H134N18O20. The molecule has 0 saturated heterocycles. The first-order valence-electron chi connectivity index (χ1n) is 48.3. The summed E-state index contributed by atoms with van der Waals surface area (Å²) in [4.78, 5) is 88.1. The Morgan fingerprint density at radius 1 is 0.343 bits per heavy atom. The van der Waals surface area contributed by atoms with Gasteiger partial charge in [0.25, 0.3) is 0 Å². The van der Waals surface area contributed by atoms with Crippen molar-refractivity contribution in [1.82, 2.24) is 69.8 Å². The topological polar surface area (TPSA) is 498 Å². The summed E-state index contributed by atoms with van der Waals surface area (Å²) in [6.45, 7) is 11.1. The number of rotatable bonds is 58. The molecule has 0 amide bonds. The maximum atomic E-state index is 14.5. The lowest BCUT2D eigenvalue weighted by Gasteiger charge is -2.28. The maximum absolute atomic E-state index is 14.5. The van der Waals surface area contributed by atoms with E-state index in [2.05, 4.69) is 30.7 Å². The lowest BCUT2D eigenvalue weighted by Crippen LogP contribution is -2.33. The zero-order valence-electron chi connectivity index (χ0n) is 82.7. The van der Waals surface area contributed by atoms with Crippen molar-refractivity contribution in [2.75, 3.05) is 80.2 Å². The van der Waals surface area contributed by atoms with Gasteiger partial charge in [0.1, 0.15) is 50.8 Å². The monoisotopic (exact) mass is 1970 g/mol. The molecule has 0 fully saturated rings. The quantitative estimate of drug-likeness (QED) is 0.0130. The van der Waals surface area contributed by atoms with E-state index >= 15 is 0 Å². The molecule has 38 heteroatoms. The van der Waals surface area contributed by atoms with E-state index in [0.29, 0.717) is 53.4 Å². The summed E-state index contributed by atoms with van der Waals surface area (Å²) in [7, 11) is 2.72. The first-order chi connectivity index (χ1) is 68.6. The minimum absolute atomic E-state index is 0.167. The van der Waals surface area contributed by atoms with Crippen LogP contribution in [0, 0.1) is 33.5 Å². The van der Waals surface area contributed by atoms with E-state index in [-0.39, 0.29) is 104 Å². The van der Waals surface area contributed by atoms with Crippen LogP contribution in [0.15, 0.2) is 251 Å². The van der Waals surface area contributed by atoms with Crippen molar-refractivity contribution < 1.29 is 98.0 Å². The first-order valence-corrected chi connectivity index (χ1v) is 48.3. The number of aliphatic hydroxyl groups excluding tert-OH is 8. The first kappa shape index (κ1) is 109. The molecule has 0 bridgehead atoms. The minimum Gasteiger partial charge on any atom is -0.469 e. The predicted molar refractivity (Wildman–Crippen MR) is 522 cm³/mol. The fourth-order valence-corrected chi connectivity index (χ4v) is 17.9. The number of aromatic nitrogens is 12. The van der Waals surface area contributed by atoms with Gasteiger partial charge in [0, 0.05) is 51.1 Å². The van der Waals surface area contributed by atoms with Crippen molar-refractivity contribution in [1.29, 1.82) is 0 Å². The Morgan fingerprint density at radius 2 is 0.573 bits per heavy atom.